The van der Waals surface area contributed by atoms with Gasteiger partial charge in [-0.3, -0.25) is 9.59 Å². The minimum absolute atomic E-state index is 0.261. The predicted molar refractivity (Wildman–Crippen MR) is 124 cm³/mol. The van der Waals surface area contributed by atoms with E-state index in [4.69, 9.17) is 5.11 Å². The van der Waals surface area contributed by atoms with Crippen LogP contribution >= 0.6 is 0 Å². The van der Waals surface area contributed by atoms with E-state index in [0.29, 0.717) is 10.6 Å². The molecule has 3 amide bonds. The second-order valence-electron chi connectivity index (χ2n) is 8.99. The molecule has 1 aromatic heterocycles. The lowest BCUT2D eigenvalue weighted by Gasteiger charge is -2.31. The molecule has 0 aliphatic carbocycles. The smallest absolute Gasteiger partial charge is 0.449 e. The van der Waals surface area contributed by atoms with E-state index in [-0.39, 0.29) is 18.3 Å². The van der Waals surface area contributed by atoms with Crippen molar-refractivity contribution in [1.29, 1.82) is 0 Å². The van der Waals surface area contributed by atoms with Gasteiger partial charge < -0.3 is 25.2 Å². The first-order valence-electron chi connectivity index (χ1n) is 11.5. The number of benzene rings is 1. The van der Waals surface area contributed by atoms with E-state index in [2.05, 4.69) is 10.3 Å². The molecule has 1 atom stereocenters. The Hall–Kier alpha value is -3.83. The van der Waals surface area contributed by atoms with Gasteiger partial charge >= 0.3 is 12.3 Å². The number of carbonyl (C=O) groups excluding carboxylic acids is 2. The number of halogens is 6. The number of carboxylic acid groups (broad SMARTS) is 1. The summed E-state index contributed by atoms with van der Waals surface area (Å²) in [5.41, 5.74) is -1.40. The van der Waals surface area contributed by atoms with Gasteiger partial charge in [0.05, 0.1) is 18.0 Å². The Morgan fingerprint density at radius 3 is 2.35 bits per heavy atom. The number of aromatic nitrogens is 2. The fourth-order valence-electron chi connectivity index (χ4n) is 4.09. The van der Waals surface area contributed by atoms with Gasteiger partial charge in [-0.25, -0.2) is 31.4 Å². The Morgan fingerprint density at radius 1 is 1.10 bits per heavy atom. The highest BCUT2D eigenvalue weighted by Crippen LogP contribution is 2.32. The molecule has 0 saturated heterocycles. The van der Waals surface area contributed by atoms with Crippen LogP contribution in [0.4, 0.5) is 31.1 Å². The second kappa shape index (κ2) is 11.7. The summed E-state index contributed by atoms with van der Waals surface area (Å²) in [5, 5.41) is 13.3. The quantitative estimate of drug-likeness (QED) is 0.293. The third kappa shape index (κ3) is 7.64. The highest BCUT2D eigenvalue weighted by molar-refractivity contribution is 7.90. The predicted octanol–water partition coefficient (Wildman–Crippen LogP) is 1.70. The van der Waals surface area contributed by atoms with Crippen molar-refractivity contribution < 1.29 is 54.3 Å². The molecule has 3 N–H and O–H groups in total. The minimum Gasteiger partial charge on any atom is -0.465 e. The van der Waals surface area contributed by atoms with Crippen molar-refractivity contribution in [3.63, 3.8) is 0 Å². The fraction of sp³-hybridized carbons (Fsp3) is 0.455. The molecule has 3 rings (SSSR count). The molecule has 2 heterocycles. The second-order valence-corrected chi connectivity index (χ2v) is 11.3. The molecule has 0 radical (unpaired) electrons. The summed E-state index contributed by atoms with van der Waals surface area (Å²) in [7, 11) is -3.49. The number of alkyl halides is 3. The van der Waals surface area contributed by atoms with Crippen molar-refractivity contribution in [1.82, 2.24) is 25.1 Å². The van der Waals surface area contributed by atoms with Gasteiger partial charge in [0.25, 0.3) is 5.91 Å². The van der Waals surface area contributed by atoms with E-state index in [1.807, 2.05) is 5.32 Å². The molecule has 1 aliphatic heterocycles. The normalized spacial score (nSPS) is 14.4. The van der Waals surface area contributed by atoms with Crippen molar-refractivity contribution in [3.8, 4) is 0 Å². The molecule has 0 bridgehead atoms. The Morgan fingerprint density at radius 2 is 1.75 bits per heavy atom. The van der Waals surface area contributed by atoms with Crippen LogP contribution in [0.5, 0.6) is 0 Å². The lowest BCUT2D eigenvalue weighted by atomic mass is 10.0. The first kappa shape index (κ1) is 30.7. The molecule has 2 aromatic rings. The van der Waals surface area contributed by atoms with Crippen LogP contribution in [0.15, 0.2) is 12.1 Å². The zero-order valence-corrected chi connectivity index (χ0v) is 21.5. The average molecular weight is 600 g/mol. The molecule has 40 heavy (non-hydrogen) atoms. The van der Waals surface area contributed by atoms with E-state index in [1.165, 1.54) is 0 Å². The van der Waals surface area contributed by atoms with E-state index in [9.17, 15) is 49.1 Å². The fourth-order valence-corrected chi connectivity index (χ4v) is 4.56. The van der Waals surface area contributed by atoms with Crippen LogP contribution < -0.4 is 10.6 Å². The molecule has 0 unspecified atom stereocenters. The minimum atomic E-state index is -4.96. The van der Waals surface area contributed by atoms with Gasteiger partial charge in [-0.2, -0.15) is 13.2 Å². The number of sulfone groups is 1. The SMILES string of the molecule is CS(=O)(=O)CCNC(=O)c1nc(C(F)(F)F)n2c1CN(C(=O)C[C@@H](Cc1cc(F)c(F)cc1F)NC(=O)O)CC2. The molecule has 220 valence electrons. The summed E-state index contributed by atoms with van der Waals surface area (Å²) in [4.78, 5) is 41.2. The molecular formula is C22H23F6N5O6S. The van der Waals surface area contributed by atoms with Gasteiger partial charge in [-0.05, 0) is 18.1 Å². The van der Waals surface area contributed by atoms with Gasteiger partial charge in [0.15, 0.2) is 17.3 Å². The number of fused-ring (bicyclic) bond motifs is 1. The van der Waals surface area contributed by atoms with Gasteiger partial charge in [0, 0.05) is 44.4 Å². The topological polar surface area (TPSA) is 151 Å². The molecule has 11 nitrogen and oxygen atoms in total. The molecule has 18 heteroatoms. The van der Waals surface area contributed by atoms with Gasteiger partial charge in [-0.1, -0.05) is 0 Å². The lowest BCUT2D eigenvalue weighted by Crippen LogP contribution is -2.44. The first-order valence-corrected chi connectivity index (χ1v) is 13.6. The summed E-state index contributed by atoms with van der Waals surface area (Å²) >= 11 is 0. The largest absolute Gasteiger partial charge is 0.465 e. The highest BCUT2D eigenvalue weighted by atomic mass is 32.2. The first-order chi connectivity index (χ1) is 18.5. The maximum atomic E-state index is 14.1. The molecule has 0 spiro atoms. The van der Waals surface area contributed by atoms with Crippen molar-refractivity contribution in [2.24, 2.45) is 0 Å². The summed E-state index contributed by atoms with van der Waals surface area (Å²) in [6.07, 6.45) is -6.87. The van der Waals surface area contributed by atoms with Crippen LogP contribution in [0.25, 0.3) is 0 Å². The van der Waals surface area contributed by atoms with Gasteiger partial charge in [-0.15, -0.1) is 0 Å². The maximum Gasteiger partial charge on any atom is 0.449 e. The summed E-state index contributed by atoms with van der Waals surface area (Å²) in [6.45, 7) is -1.68. The molecule has 0 fully saturated rings. The summed E-state index contributed by atoms with van der Waals surface area (Å²) in [5.74, 6) is -7.84. The van der Waals surface area contributed by atoms with Crippen LogP contribution in [-0.4, -0.2) is 77.0 Å². The van der Waals surface area contributed by atoms with Gasteiger partial charge in [0.1, 0.15) is 15.7 Å². The van der Waals surface area contributed by atoms with Crippen molar-refractivity contribution in [2.45, 2.75) is 38.1 Å². The van der Waals surface area contributed by atoms with Crippen LogP contribution in [0.1, 0.15) is 34.0 Å². The van der Waals surface area contributed by atoms with Crippen LogP contribution in [0, 0.1) is 17.5 Å². The Labute approximate surface area is 223 Å². The molecular weight excluding hydrogens is 576 g/mol. The molecule has 0 saturated carbocycles. The highest BCUT2D eigenvalue weighted by Gasteiger charge is 2.42. The third-order valence-electron chi connectivity index (χ3n) is 5.89. The number of nitrogens with one attached hydrogen (secondary N) is 2. The Kier molecular flexibility index (Phi) is 9.00. The van der Waals surface area contributed by atoms with Crippen LogP contribution in [0.3, 0.4) is 0 Å². The number of carbonyl (C=O) groups is 3. The Balaban J connectivity index is 1.83. The zero-order valence-electron chi connectivity index (χ0n) is 20.7. The number of imidazole rings is 1. The number of nitrogens with zero attached hydrogens (tertiary/aromatic N) is 3. The van der Waals surface area contributed by atoms with Crippen molar-refractivity contribution in [3.05, 3.63) is 52.4 Å². The van der Waals surface area contributed by atoms with E-state index in [0.717, 1.165) is 11.2 Å². The summed E-state index contributed by atoms with van der Waals surface area (Å²) in [6, 6.07) is -0.560. The number of hydrogen-bond acceptors (Lipinski definition) is 6. The third-order valence-corrected chi connectivity index (χ3v) is 6.84. The molecule has 1 aliphatic rings. The molecule has 1 aromatic carbocycles. The van der Waals surface area contributed by atoms with Crippen LogP contribution in [-0.2, 0) is 40.3 Å². The number of amides is 3. The standard InChI is InChI=1S/C22H23F6N5O6S/c1-40(38,39)5-2-29-19(35)18-16-10-32(3-4-33(16)20(31-18)22(26,27)28)17(34)8-12(30-21(36)37)6-11-7-14(24)15(25)9-13(11)23/h7,9,12,30H,2-6,8,10H2,1H3,(H,29,35)(H,36,37)/t12-/m1/s1. The van der Waals surface area contributed by atoms with E-state index < -0.39 is 113 Å². The lowest BCUT2D eigenvalue weighted by molar-refractivity contribution is -0.148. The number of hydrogen-bond donors (Lipinski definition) is 3. The summed E-state index contributed by atoms with van der Waals surface area (Å²) < 4.78 is 105. The van der Waals surface area contributed by atoms with Crippen LogP contribution in [0.2, 0.25) is 0 Å². The van der Waals surface area contributed by atoms with E-state index in [1.54, 1.807) is 0 Å². The number of rotatable bonds is 9. The monoisotopic (exact) mass is 599 g/mol. The van der Waals surface area contributed by atoms with Crippen molar-refractivity contribution in [2.75, 3.05) is 25.1 Å². The average Bonchev–Trinajstić information content (AvgIpc) is 3.21. The zero-order chi connectivity index (χ0) is 30.0. The van der Waals surface area contributed by atoms with Gasteiger partial charge in [0.2, 0.25) is 11.7 Å². The van der Waals surface area contributed by atoms with Crippen molar-refractivity contribution >= 4 is 27.7 Å². The van der Waals surface area contributed by atoms with E-state index >= 15 is 0 Å². The maximum absolute atomic E-state index is 14.1. The Bertz CT molecular complexity index is 1430.